The minimum absolute atomic E-state index is 0. The Morgan fingerprint density at radius 2 is 1.81 bits per heavy atom. The van der Waals surface area contributed by atoms with Gasteiger partial charge in [-0.2, -0.15) is 0 Å². The molecule has 0 saturated carbocycles. The van der Waals surface area contributed by atoms with Crippen LogP contribution < -0.4 is 0 Å². The quantitative estimate of drug-likeness (QED) is 0.686. The van der Waals surface area contributed by atoms with Crippen LogP contribution in [-0.2, 0) is 11.3 Å². The molecule has 27 heavy (non-hydrogen) atoms. The van der Waals surface area contributed by atoms with Gasteiger partial charge in [0.05, 0.1) is 18.8 Å². The van der Waals surface area contributed by atoms with Crippen LogP contribution in [0.15, 0.2) is 47.1 Å². The SMILES string of the molecule is Cl.O=C(c1ccc(F)cc1)c1coc2ccc(O)c(CN3CCOCC3)c12. The molecule has 1 N–H and O–H groups in total. The lowest BCUT2D eigenvalue weighted by Crippen LogP contribution is -2.35. The molecule has 0 bridgehead atoms. The molecule has 0 amide bonds. The van der Waals surface area contributed by atoms with E-state index in [0.717, 1.165) is 13.1 Å². The number of morpholine rings is 1. The smallest absolute Gasteiger partial charge is 0.196 e. The zero-order valence-electron chi connectivity index (χ0n) is 14.5. The van der Waals surface area contributed by atoms with E-state index in [-0.39, 0.29) is 23.9 Å². The van der Waals surface area contributed by atoms with Crippen LogP contribution in [0.2, 0.25) is 0 Å². The van der Waals surface area contributed by atoms with Gasteiger partial charge in [0.1, 0.15) is 23.4 Å². The van der Waals surface area contributed by atoms with Crippen molar-refractivity contribution in [3.8, 4) is 5.75 Å². The van der Waals surface area contributed by atoms with Gasteiger partial charge in [-0.1, -0.05) is 0 Å². The molecule has 0 atom stereocenters. The third-order valence-electron chi connectivity index (χ3n) is 4.66. The monoisotopic (exact) mass is 391 g/mol. The predicted octanol–water partition coefficient (Wildman–Crippen LogP) is 3.76. The Morgan fingerprint density at radius 3 is 2.52 bits per heavy atom. The molecule has 5 nitrogen and oxygen atoms in total. The minimum atomic E-state index is -0.399. The highest BCUT2D eigenvalue weighted by atomic mass is 35.5. The summed E-state index contributed by atoms with van der Waals surface area (Å²) in [5.41, 5.74) is 1.93. The minimum Gasteiger partial charge on any atom is -0.508 e. The van der Waals surface area contributed by atoms with E-state index in [0.29, 0.717) is 47.4 Å². The topological polar surface area (TPSA) is 62.9 Å². The van der Waals surface area contributed by atoms with E-state index in [1.807, 2.05) is 0 Å². The van der Waals surface area contributed by atoms with Gasteiger partial charge in [0.2, 0.25) is 0 Å². The van der Waals surface area contributed by atoms with Gasteiger partial charge < -0.3 is 14.3 Å². The Hall–Kier alpha value is -2.41. The number of hydrogen-bond donors (Lipinski definition) is 1. The highest BCUT2D eigenvalue weighted by Gasteiger charge is 2.22. The summed E-state index contributed by atoms with van der Waals surface area (Å²) in [6, 6.07) is 8.62. The Labute approximate surface area is 161 Å². The first-order chi connectivity index (χ1) is 12.6. The maximum Gasteiger partial charge on any atom is 0.196 e. The summed E-state index contributed by atoms with van der Waals surface area (Å²) in [7, 11) is 0. The van der Waals surface area contributed by atoms with Crippen molar-refractivity contribution < 1.29 is 23.4 Å². The van der Waals surface area contributed by atoms with Crippen molar-refractivity contribution in [2.75, 3.05) is 26.3 Å². The lowest BCUT2D eigenvalue weighted by Gasteiger charge is -2.27. The van der Waals surface area contributed by atoms with Gasteiger partial charge in [0, 0.05) is 36.1 Å². The molecule has 0 radical (unpaired) electrons. The number of ether oxygens (including phenoxy) is 1. The van der Waals surface area contributed by atoms with Gasteiger partial charge in [-0.25, -0.2) is 4.39 Å². The van der Waals surface area contributed by atoms with Crippen LogP contribution in [0.1, 0.15) is 21.5 Å². The van der Waals surface area contributed by atoms with Gasteiger partial charge >= 0.3 is 0 Å². The van der Waals surface area contributed by atoms with Crippen LogP contribution in [0.5, 0.6) is 5.75 Å². The zero-order valence-corrected chi connectivity index (χ0v) is 15.3. The van der Waals surface area contributed by atoms with Crippen molar-refractivity contribution in [1.29, 1.82) is 0 Å². The number of phenolic OH excluding ortho intramolecular Hbond substituents is 1. The summed E-state index contributed by atoms with van der Waals surface area (Å²) in [6.07, 6.45) is 1.40. The largest absolute Gasteiger partial charge is 0.508 e. The first-order valence-electron chi connectivity index (χ1n) is 8.46. The summed E-state index contributed by atoms with van der Waals surface area (Å²) in [4.78, 5) is 15.1. The van der Waals surface area contributed by atoms with Crippen molar-refractivity contribution in [2.45, 2.75) is 6.54 Å². The van der Waals surface area contributed by atoms with E-state index in [1.54, 1.807) is 12.1 Å². The standard InChI is InChI=1S/C20H18FNO4.ClH/c21-14-3-1-13(2-4-14)20(24)16-12-26-18-6-5-17(23)15(19(16)18)11-22-7-9-25-10-8-22;/h1-6,12,23H,7-11H2;1H. The van der Waals surface area contributed by atoms with E-state index in [4.69, 9.17) is 9.15 Å². The lowest BCUT2D eigenvalue weighted by molar-refractivity contribution is 0.0340. The van der Waals surface area contributed by atoms with Gasteiger partial charge in [0.25, 0.3) is 0 Å². The van der Waals surface area contributed by atoms with Crippen molar-refractivity contribution >= 4 is 29.2 Å². The number of carbonyl (C=O) groups is 1. The predicted molar refractivity (Wildman–Crippen MR) is 101 cm³/mol. The third-order valence-corrected chi connectivity index (χ3v) is 4.66. The molecular weight excluding hydrogens is 373 g/mol. The number of ketones is 1. The average Bonchev–Trinajstić information content (AvgIpc) is 3.09. The lowest BCUT2D eigenvalue weighted by atomic mass is 9.98. The van der Waals surface area contributed by atoms with Crippen LogP contribution in [-0.4, -0.2) is 42.1 Å². The van der Waals surface area contributed by atoms with E-state index in [2.05, 4.69) is 4.90 Å². The number of hydrogen-bond acceptors (Lipinski definition) is 5. The molecule has 2 aromatic carbocycles. The van der Waals surface area contributed by atoms with Crippen molar-refractivity contribution in [1.82, 2.24) is 4.90 Å². The second kappa shape index (κ2) is 8.08. The number of carbonyl (C=O) groups excluding carboxylic acids is 1. The molecule has 142 valence electrons. The Balaban J connectivity index is 0.00000210. The normalized spacial score (nSPS) is 14.9. The van der Waals surface area contributed by atoms with Gasteiger partial charge in [0.15, 0.2) is 5.78 Å². The summed E-state index contributed by atoms with van der Waals surface area (Å²) in [6.45, 7) is 3.30. The molecule has 0 spiro atoms. The number of aromatic hydroxyl groups is 1. The summed E-state index contributed by atoms with van der Waals surface area (Å²) >= 11 is 0. The first kappa shape index (κ1) is 19.4. The number of rotatable bonds is 4. The highest BCUT2D eigenvalue weighted by molar-refractivity contribution is 6.16. The third kappa shape index (κ3) is 3.83. The van der Waals surface area contributed by atoms with Crippen LogP contribution in [0.3, 0.4) is 0 Å². The second-order valence-electron chi connectivity index (χ2n) is 6.31. The Kier molecular flexibility index (Phi) is 5.79. The molecule has 1 saturated heterocycles. The molecule has 0 unspecified atom stereocenters. The van der Waals surface area contributed by atoms with E-state index >= 15 is 0 Å². The van der Waals surface area contributed by atoms with Crippen LogP contribution in [0.4, 0.5) is 4.39 Å². The molecular formula is C20H19ClFNO4. The molecule has 3 aromatic rings. The summed E-state index contributed by atoms with van der Waals surface area (Å²) in [5.74, 6) is -0.541. The average molecular weight is 392 g/mol. The van der Waals surface area contributed by atoms with Crippen molar-refractivity contribution in [2.24, 2.45) is 0 Å². The maximum absolute atomic E-state index is 13.1. The molecule has 1 fully saturated rings. The van der Waals surface area contributed by atoms with Gasteiger partial charge in [-0.05, 0) is 36.4 Å². The number of furan rings is 1. The fourth-order valence-corrected chi connectivity index (χ4v) is 3.26. The van der Waals surface area contributed by atoms with Crippen LogP contribution >= 0.6 is 12.4 Å². The molecule has 7 heteroatoms. The van der Waals surface area contributed by atoms with Crippen molar-refractivity contribution in [3.63, 3.8) is 0 Å². The van der Waals surface area contributed by atoms with E-state index in [1.165, 1.54) is 30.5 Å². The molecule has 4 rings (SSSR count). The van der Waals surface area contributed by atoms with Crippen molar-refractivity contribution in [3.05, 3.63) is 65.2 Å². The Bertz CT molecular complexity index is 949. The number of halogens is 2. The fraction of sp³-hybridized carbons (Fsp3) is 0.250. The summed E-state index contributed by atoms with van der Waals surface area (Å²) in [5, 5.41) is 11.0. The van der Waals surface area contributed by atoms with Gasteiger partial charge in [-0.3, -0.25) is 9.69 Å². The van der Waals surface area contributed by atoms with Crippen LogP contribution in [0, 0.1) is 5.82 Å². The Morgan fingerprint density at radius 1 is 1.11 bits per heavy atom. The molecule has 1 aromatic heterocycles. The zero-order chi connectivity index (χ0) is 18.1. The maximum atomic E-state index is 13.1. The first-order valence-corrected chi connectivity index (χ1v) is 8.46. The summed E-state index contributed by atoms with van der Waals surface area (Å²) < 4.78 is 24.1. The molecule has 2 heterocycles. The number of benzene rings is 2. The molecule has 1 aliphatic rings. The number of fused-ring (bicyclic) bond motifs is 1. The second-order valence-corrected chi connectivity index (χ2v) is 6.31. The van der Waals surface area contributed by atoms with Gasteiger partial charge in [-0.15, -0.1) is 12.4 Å². The molecule has 1 aliphatic heterocycles. The van der Waals surface area contributed by atoms with E-state index < -0.39 is 5.82 Å². The number of nitrogens with zero attached hydrogens (tertiary/aromatic N) is 1. The fourth-order valence-electron chi connectivity index (χ4n) is 3.26. The molecule has 0 aliphatic carbocycles. The highest BCUT2D eigenvalue weighted by Crippen LogP contribution is 2.33. The van der Waals surface area contributed by atoms with E-state index in [9.17, 15) is 14.3 Å². The van der Waals surface area contributed by atoms with Crippen LogP contribution in [0.25, 0.3) is 11.0 Å². The number of phenols is 1.